The highest BCUT2D eigenvalue weighted by Crippen LogP contribution is 2.23. The van der Waals surface area contributed by atoms with Gasteiger partial charge in [0.05, 0.1) is 13.2 Å². The largest absolute Gasteiger partial charge is 0.407 e. The molecule has 35 heavy (non-hydrogen) atoms. The summed E-state index contributed by atoms with van der Waals surface area (Å²) in [6.07, 6.45) is 0. The minimum atomic E-state index is -3.03. The third-order valence-electron chi connectivity index (χ3n) is 6.83. The van der Waals surface area contributed by atoms with Crippen LogP contribution in [0.2, 0.25) is 0 Å². The van der Waals surface area contributed by atoms with Gasteiger partial charge in [-0.3, -0.25) is 0 Å². The van der Waals surface area contributed by atoms with Crippen LogP contribution < -0.4 is 10.4 Å². The van der Waals surface area contributed by atoms with Gasteiger partial charge in [-0.25, -0.2) is 0 Å². The van der Waals surface area contributed by atoms with E-state index < -0.39 is 8.56 Å². The van der Waals surface area contributed by atoms with Gasteiger partial charge in [0.1, 0.15) is 0 Å². The van der Waals surface area contributed by atoms with Crippen molar-refractivity contribution in [1.82, 2.24) is 0 Å². The van der Waals surface area contributed by atoms with E-state index in [1.165, 1.54) is 44.5 Å². The first-order chi connectivity index (χ1) is 16.8. The Kier molecular flexibility index (Phi) is 7.71. The molecule has 0 radical (unpaired) electrons. The average molecular weight is 481 g/mol. The number of benzene rings is 4. The fourth-order valence-corrected chi connectivity index (χ4v) is 8.12. The van der Waals surface area contributed by atoms with E-state index >= 15 is 0 Å². The zero-order valence-corrected chi connectivity index (χ0v) is 22.8. The van der Waals surface area contributed by atoms with E-state index in [1.54, 1.807) is 0 Å². The van der Waals surface area contributed by atoms with Crippen LogP contribution in [0, 0.1) is 41.5 Å². The molecule has 0 heterocycles. The highest BCUT2D eigenvalue weighted by Gasteiger charge is 2.43. The quantitative estimate of drug-likeness (QED) is 0.267. The molecule has 180 valence electrons. The maximum absolute atomic E-state index is 7.03. The maximum atomic E-state index is 7.03. The molecule has 0 unspecified atom stereocenters. The van der Waals surface area contributed by atoms with Gasteiger partial charge in [-0.1, -0.05) is 96.1 Å². The summed E-state index contributed by atoms with van der Waals surface area (Å²) in [6.45, 7) is 14.0. The van der Waals surface area contributed by atoms with Crippen molar-refractivity contribution in [3.05, 3.63) is 129 Å². The Bertz CT molecular complexity index is 1150. The molecule has 0 amide bonds. The highest BCUT2D eigenvalue weighted by atomic mass is 28.4. The lowest BCUT2D eigenvalue weighted by Gasteiger charge is -2.32. The Morgan fingerprint density at radius 2 is 0.800 bits per heavy atom. The van der Waals surface area contributed by atoms with Crippen LogP contribution >= 0.6 is 0 Å². The predicted molar refractivity (Wildman–Crippen MR) is 149 cm³/mol. The van der Waals surface area contributed by atoms with Gasteiger partial charge in [0.2, 0.25) is 0 Å². The summed E-state index contributed by atoms with van der Waals surface area (Å²) >= 11 is 0. The van der Waals surface area contributed by atoms with Crippen LogP contribution in [-0.2, 0) is 22.1 Å². The van der Waals surface area contributed by atoms with E-state index in [2.05, 4.69) is 126 Å². The fraction of sp³-hybridized carbons (Fsp3) is 0.250. The summed E-state index contributed by atoms with van der Waals surface area (Å²) in [6, 6.07) is 30.0. The summed E-state index contributed by atoms with van der Waals surface area (Å²) in [5.41, 5.74) is 10.1. The summed E-state index contributed by atoms with van der Waals surface area (Å²) in [5, 5.41) is 2.24. The van der Waals surface area contributed by atoms with E-state index in [-0.39, 0.29) is 0 Å². The Balaban J connectivity index is 1.80. The minimum absolute atomic E-state index is 0.514. The fourth-order valence-electron chi connectivity index (χ4n) is 5.08. The molecule has 0 aliphatic heterocycles. The Morgan fingerprint density at radius 3 is 1.11 bits per heavy atom. The number of rotatable bonds is 8. The molecule has 0 bridgehead atoms. The third-order valence-corrected chi connectivity index (χ3v) is 10.1. The molecule has 0 atom stereocenters. The SMILES string of the molecule is Cc1cc(C)c(CO[Si](OCc2c(C)cc(C)cc2C)(c2ccccc2)c2ccccc2)c(C)c1. The highest BCUT2D eigenvalue weighted by molar-refractivity contribution is 6.92. The maximum Gasteiger partial charge on any atom is 0.407 e. The molecule has 0 saturated carbocycles. The van der Waals surface area contributed by atoms with Crippen LogP contribution in [0.4, 0.5) is 0 Å². The molecular weight excluding hydrogens is 444 g/mol. The Morgan fingerprint density at radius 1 is 0.486 bits per heavy atom. The summed E-state index contributed by atoms with van der Waals surface area (Å²) in [7, 11) is -3.03. The van der Waals surface area contributed by atoms with E-state index in [0.717, 1.165) is 10.4 Å². The summed E-state index contributed by atoms with van der Waals surface area (Å²) < 4.78 is 14.1. The number of hydrogen-bond acceptors (Lipinski definition) is 2. The molecule has 4 aromatic carbocycles. The van der Waals surface area contributed by atoms with Crippen molar-refractivity contribution < 1.29 is 8.85 Å². The second-order valence-corrected chi connectivity index (χ2v) is 12.6. The van der Waals surface area contributed by atoms with Crippen molar-refractivity contribution in [1.29, 1.82) is 0 Å². The molecule has 0 fully saturated rings. The molecule has 0 spiro atoms. The van der Waals surface area contributed by atoms with Crippen LogP contribution in [0.5, 0.6) is 0 Å². The van der Waals surface area contributed by atoms with Gasteiger partial charge >= 0.3 is 8.56 Å². The van der Waals surface area contributed by atoms with Crippen molar-refractivity contribution in [2.75, 3.05) is 0 Å². The smallest absolute Gasteiger partial charge is 0.383 e. The Hall–Kier alpha value is -2.98. The van der Waals surface area contributed by atoms with Crippen molar-refractivity contribution in [3.8, 4) is 0 Å². The van der Waals surface area contributed by atoms with Crippen LogP contribution in [0.15, 0.2) is 84.9 Å². The van der Waals surface area contributed by atoms with Gasteiger partial charge in [0, 0.05) is 0 Å². The molecule has 0 aliphatic carbocycles. The van der Waals surface area contributed by atoms with E-state index in [4.69, 9.17) is 8.85 Å². The minimum Gasteiger partial charge on any atom is -0.383 e. The monoisotopic (exact) mass is 480 g/mol. The van der Waals surface area contributed by atoms with Gasteiger partial charge in [-0.2, -0.15) is 0 Å². The lowest BCUT2D eigenvalue weighted by molar-refractivity contribution is 0.175. The first-order valence-electron chi connectivity index (χ1n) is 12.3. The first-order valence-corrected chi connectivity index (χ1v) is 14.1. The van der Waals surface area contributed by atoms with E-state index in [9.17, 15) is 0 Å². The second kappa shape index (κ2) is 10.7. The second-order valence-electron chi connectivity index (χ2n) is 9.68. The molecule has 0 saturated heterocycles. The van der Waals surface area contributed by atoms with Gasteiger partial charge in [-0.15, -0.1) is 0 Å². The summed E-state index contributed by atoms with van der Waals surface area (Å²) in [5.74, 6) is 0. The molecule has 4 aromatic rings. The standard InChI is InChI=1S/C32H36O2Si/c1-23-17-25(3)31(26(4)18-23)21-33-35(29-13-9-7-10-14-29,30-15-11-8-12-16-30)34-22-32-27(5)19-24(2)20-28(32)6/h7-20H,21-22H2,1-6H3. The van der Waals surface area contributed by atoms with Crippen molar-refractivity contribution in [3.63, 3.8) is 0 Å². The zero-order chi connectivity index (χ0) is 25.0. The first kappa shape index (κ1) is 25.1. The van der Waals surface area contributed by atoms with E-state index in [1.807, 2.05) is 0 Å². The molecule has 3 heteroatoms. The van der Waals surface area contributed by atoms with Crippen molar-refractivity contribution in [2.45, 2.75) is 54.8 Å². The molecule has 4 rings (SSSR count). The average Bonchev–Trinajstić information content (AvgIpc) is 2.82. The molecule has 0 aliphatic rings. The van der Waals surface area contributed by atoms with Crippen molar-refractivity contribution >= 4 is 18.9 Å². The topological polar surface area (TPSA) is 18.5 Å². The van der Waals surface area contributed by atoms with Crippen LogP contribution in [0.25, 0.3) is 0 Å². The number of aryl methyl sites for hydroxylation is 6. The number of hydrogen-bond donors (Lipinski definition) is 0. The molecule has 0 N–H and O–H groups in total. The van der Waals surface area contributed by atoms with Crippen molar-refractivity contribution in [2.24, 2.45) is 0 Å². The normalized spacial score (nSPS) is 11.6. The van der Waals surface area contributed by atoms with E-state index in [0.29, 0.717) is 13.2 Å². The lowest BCUT2D eigenvalue weighted by Crippen LogP contribution is -2.63. The molecule has 2 nitrogen and oxygen atoms in total. The van der Waals surface area contributed by atoms with Crippen LogP contribution in [-0.4, -0.2) is 8.56 Å². The lowest BCUT2D eigenvalue weighted by atomic mass is 10.0. The third kappa shape index (κ3) is 5.48. The van der Waals surface area contributed by atoms with Gasteiger partial charge in [-0.05, 0) is 85.3 Å². The molecule has 0 aromatic heterocycles. The van der Waals surface area contributed by atoms with Gasteiger partial charge in [0.15, 0.2) is 0 Å². The predicted octanol–water partition coefficient (Wildman–Crippen LogP) is 6.53. The van der Waals surface area contributed by atoms with Gasteiger partial charge in [0.25, 0.3) is 0 Å². The van der Waals surface area contributed by atoms with Crippen LogP contribution in [0.1, 0.15) is 44.5 Å². The van der Waals surface area contributed by atoms with Crippen LogP contribution in [0.3, 0.4) is 0 Å². The van der Waals surface area contributed by atoms with Gasteiger partial charge < -0.3 is 8.85 Å². The summed E-state index contributed by atoms with van der Waals surface area (Å²) in [4.78, 5) is 0. The molecular formula is C32H36O2Si. The Labute approximate surface area is 211 Å². The zero-order valence-electron chi connectivity index (χ0n) is 21.8.